The Bertz CT molecular complexity index is 1340. The molecule has 1 aromatic heterocycles. The summed E-state index contributed by atoms with van der Waals surface area (Å²) >= 11 is 12.2. The van der Waals surface area contributed by atoms with Crippen molar-refractivity contribution in [1.82, 2.24) is 9.88 Å². The summed E-state index contributed by atoms with van der Waals surface area (Å²) in [7, 11) is 0. The molecule has 4 rings (SSSR count). The number of benzene rings is 2. The van der Waals surface area contributed by atoms with Gasteiger partial charge in [-0.3, -0.25) is 14.9 Å². The van der Waals surface area contributed by atoms with Gasteiger partial charge in [0.05, 0.1) is 15.7 Å². The lowest BCUT2D eigenvalue weighted by Crippen LogP contribution is -2.54. The molecule has 162 valence electrons. The van der Waals surface area contributed by atoms with Crippen molar-refractivity contribution in [3.8, 4) is 0 Å². The van der Waals surface area contributed by atoms with Gasteiger partial charge in [-0.05, 0) is 48.9 Å². The number of hydrogen-bond donors (Lipinski definition) is 2. The van der Waals surface area contributed by atoms with E-state index in [2.05, 4.69) is 5.32 Å². The van der Waals surface area contributed by atoms with Crippen LogP contribution in [0, 0.1) is 0 Å². The molecule has 0 radical (unpaired) electrons. The number of nitrogens with zero attached hydrogens (tertiary/aromatic N) is 2. The first-order valence-electron chi connectivity index (χ1n) is 9.38. The number of carbonyl (C=O) groups excluding carboxylic acids is 3. The van der Waals surface area contributed by atoms with Crippen molar-refractivity contribution in [3.63, 3.8) is 0 Å². The number of hydrogen-bond acceptors (Lipinski definition) is 4. The van der Waals surface area contributed by atoms with Crippen molar-refractivity contribution in [2.75, 3.05) is 4.90 Å². The maximum Gasteiger partial charge on any atom is 0.336 e. The number of aliphatic carboxylic acids is 1. The first kappa shape index (κ1) is 21.6. The number of halogens is 2. The van der Waals surface area contributed by atoms with E-state index in [1.54, 1.807) is 42.0 Å². The second kappa shape index (κ2) is 8.14. The third-order valence-electron chi connectivity index (χ3n) is 5.10. The Kier molecular flexibility index (Phi) is 5.50. The molecule has 0 unspecified atom stereocenters. The minimum Gasteiger partial charge on any atom is -0.480 e. The minimum absolute atomic E-state index is 0.00155. The van der Waals surface area contributed by atoms with Crippen LogP contribution in [-0.4, -0.2) is 33.5 Å². The van der Waals surface area contributed by atoms with Gasteiger partial charge in [-0.1, -0.05) is 35.3 Å². The number of carboxylic acid groups (broad SMARTS) is 1. The lowest BCUT2D eigenvalue weighted by molar-refractivity contribution is -0.140. The van der Waals surface area contributed by atoms with E-state index in [4.69, 9.17) is 23.2 Å². The lowest BCUT2D eigenvalue weighted by Gasteiger charge is -2.27. The fourth-order valence-corrected chi connectivity index (χ4v) is 3.82. The molecule has 2 N–H and O–H groups in total. The van der Waals surface area contributed by atoms with Gasteiger partial charge < -0.3 is 9.67 Å². The molecule has 1 fully saturated rings. The van der Waals surface area contributed by atoms with Crippen LogP contribution in [0.15, 0.2) is 54.2 Å². The van der Waals surface area contributed by atoms with Gasteiger partial charge in [0, 0.05) is 17.1 Å². The molecule has 10 heteroatoms. The molecule has 1 aliphatic heterocycles. The zero-order valence-corrected chi connectivity index (χ0v) is 18.0. The zero-order valence-electron chi connectivity index (χ0n) is 16.5. The SMILES string of the molecule is C[C@@H](C(=O)O)n1ccc2cc(/C=C3\C(=O)NC(=O)N(c4cccc(Cl)c4Cl)C3=O)ccc21. The molecule has 0 aliphatic carbocycles. The Morgan fingerprint density at radius 3 is 2.59 bits per heavy atom. The fraction of sp³-hybridized carbons (Fsp3) is 0.0909. The van der Waals surface area contributed by atoms with Crippen LogP contribution >= 0.6 is 23.2 Å². The van der Waals surface area contributed by atoms with E-state index in [0.717, 1.165) is 10.3 Å². The van der Waals surface area contributed by atoms with Crippen molar-refractivity contribution < 1.29 is 24.3 Å². The van der Waals surface area contributed by atoms with Gasteiger partial charge in [-0.15, -0.1) is 0 Å². The van der Waals surface area contributed by atoms with Gasteiger partial charge in [0.2, 0.25) is 0 Å². The summed E-state index contributed by atoms with van der Waals surface area (Å²) < 4.78 is 1.61. The standard InChI is InChI=1S/C22H15Cl2N3O5/c1-11(21(30)31)26-8-7-13-9-12(5-6-16(13)26)10-14-19(28)25-22(32)27(20(14)29)17-4-2-3-15(23)18(17)24/h2-11H,1H3,(H,30,31)(H,25,28,32)/b14-10+/t11-/m0/s1. The summed E-state index contributed by atoms with van der Waals surface area (Å²) in [6.45, 7) is 1.56. The van der Waals surface area contributed by atoms with E-state index in [9.17, 15) is 24.3 Å². The molecule has 0 saturated carbocycles. The Hall–Kier alpha value is -3.62. The summed E-state index contributed by atoms with van der Waals surface area (Å²) in [6.07, 6.45) is 3.01. The number of urea groups is 1. The summed E-state index contributed by atoms with van der Waals surface area (Å²) in [4.78, 5) is 49.9. The van der Waals surface area contributed by atoms with Crippen LogP contribution in [0.3, 0.4) is 0 Å². The fourth-order valence-electron chi connectivity index (χ4n) is 3.44. The average molecular weight is 472 g/mol. The van der Waals surface area contributed by atoms with Gasteiger partial charge in [0.1, 0.15) is 11.6 Å². The van der Waals surface area contributed by atoms with Crippen molar-refractivity contribution >= 4 is 69.7 Å². The average Bonchev–Trinajstić information content (AvgIpc) is 3.16. The van der Waals surface area contributed by atoms with E-state index >= 15 is 0 Å². The number of fused-ring (bicyclic) bond motifs is 1. The summed E-state index contributed by atoms with van der Waals surface area (Å²) in [6, 6.07) is 9.58. The molecule has 1 aliphatic rings. The molecular formula is C22H15Cl2N3O5. The Morgan fingerprint density at radius 1 is 1.12 bits per heavy atom. The van der Waals surface area contributed by atoms with Crippen molar-refractivity contribution in [2.24, 2.45) is 0 Å². The number of amides is 4. The van der Waals surface area contributed by atoms with Gasteiger partial charge >= 0.3 is 12.0 Å². The van der Waals surface area contributed by atoms with E-state index in [0.29, 0.717) is 11.1 Å². The number of carbonyl (C=O) groups is 4. The number of aromatic nitrogens is 1. The molecule has 4 amide bonds. The van der Waals surface area contributed by atoms with Crippen LogP contribution in [0.1, 0.15) is 18.5 Å². The number of anilines is 1. The molecule has 2 aromatic carbocycles. The quantitative estimate of drug-likeness (QED) is 0.436. The van der Waals surface area contributed by atoms with E-state index < -0.39 is 29.9 Å². The van der Waals surface area contributed by atoms with E-state index in [1.165, 1.54) is 24.3 Å². The van der Waals surface area contributed by atoms with Crippen LogP contribution in [0.25, 0.3) is 17.0 Å². The Balaban J connectivity index is 1.74. The van der Waals surface area contributed by atoms with Crippen LogP contribution in [-0.2, 0) is 14.4 Å². The highest BCUT2D eigenvalue weighted by atomic mass is 35.5. The highest BCUT2D eigenvalue weighted by Crippen LogP contribution is 2.34. The van der Waals surface area contributed by atoms with Crippen molar-refractivity contribution in [1.29, 1.82) is 0 Å². The Labute approximate surface area is 191 Å². The normalized spacial score (nSPS) is 16.5. The number of carboxylic acids is 1. The van der Waals surface area contributed by atoms with Crippen molar-refractivity contribution in [2.45, 2.75) is 13.0 Å². The number of rotatable bonds is 4. The van der Waals surface area contributed by atoms with Gasteiger partial charge in [0.25, 0.3) is 11.8 Å². The van der Waals surface area contributed by atoms with E-state index in [1.807, 2.05) is 0 Å². The van der Waals surface area contributed by atoms with Crippen LogP contribution in [0.2, 0.25) is 10.0 Å². The van der Waals surface area contributed by atoms with Crippen LogP contribution in [0.4, 0.5) is 10.5 Å². The highest BCUT2D eigenvalue weighted by Gasteiger charge is 2.38. The van der Waals surface area contributed by atoms with Gasteiger partial charge in [-0.25, -0.2) is 14.5 Å². The molecule has 3 aromatic rings. The summed E-state index contributed by atoms with van der Waals surface area (Å²) in [5.41, 5.74) is 0.987. The maximum atomic E-state index is 13.1. The molecule has 0 spiro atoms. The minimum atomic E-state index is -0.970. The predicted octanol–water partition coefficient (Wildman–Crippen LogP) is 4.26. The second-order valence-corrected chi connectivity index (χ2v) is 7.87. The third kappa shape index (κ3) is 3.63. The first-order valence-corrected chi connectivity index (χ1v) is 10.1. The Morgan fingerprint density at radius 2 is 1.88 bits per heavy atom. The molecule has 32 heavy (non-hydrogen) atoms. The molecule has 8 nitrogen and oxygen atoms in total. The summed E-state index contributed by atoms with van der Waals surface area (Å²) in [5.74, 6) is -2.66. The third-order valence-corrected chi connectivity index (χ3v) is 5.91. The number of imide groups is 2. The number of barbiturate groups is 1. The van der Waals surface area contributed by atoms with E-state index in [-0.39, 0.29) is 21.3 Å². The zero-order chi connectivity index (χ0) is 23.2. The lowest BCUT2D eigenvalue weighted by atomic mass is 10.1. The molecule has 1 atom stereocenters. The highest BCUT2D eigenvalue weighted by molar-refractivity contribution is 6.46. The molecular weight excluding hydrogens is 457 g/mol. The smallest absolute Gasteiger partial charge is 0.336 e. The van der Waals surface area contributed by atoms with Crippen molar-refractivity contribution in [3.05, 3.63) is 69.8 Å². The molecule has 1 saturated heterocycles. The molecule has 2 heterocycles. The second-order valence-electron chi connectivity index (χ2n) is 7.09. The van der Waals surface area contributed by atoms with Crippen LogP contribution < -0.4 is 10.2 Å². The predicted molar refractivity (Wildman–Crippen MR) is 120 cm³/mol. The maximum absolute atomic E-state index is 13.1. The van der Waals surface area contributed by atoms with Gasteiger partial charge in [-0.2, -0.15) is 0 Å². The monoisotopic (exact) mass is 471 g/mol. The largest absolute Gasteiger partial charge is 0.480 e. The topological polar surface area (TPSA) is 109 Å². The van der Waals surface area contributed by atoms with Crippen LogP contribution in [0.5, 0.6) is 0 Å². The molecule has 0 bridgehead atoms. The van der Waals surface area contributed by atoms with Gasteiger partial charge in [0.15, 0.2) is 0 Å². The number of nitrogens with one attached hydrogen (secondary N) is 1. The summed E-state index contributed by atoms with van der Waals surface area (Å²) in [5, 5.41) is 12.3. The first-order chi connectivity index (χ1) is 15.2.